The molecule has 1 aliphatic heterocycles. The summed E-state index contributed by atoms with van der Waals surface area (Å²) in [4.78, 5) is 22.7. The van der Waals surface area contributed by atoms with Crippen LogP contribution in [0.25, 0.3) is 11.3 Å². The Kier molecular flexibility index (Phi) is 5.18. The van der Waals surface area contributed by atoms with Gasteiger partial charge in [-0.3, -0.25) is 4.79 Å². The molecule has 1 atom stereocenters. The van der Waals surface area contributed by atoms with Crippen LogP contribution in [0.3, 0.4) is 0 Å². The molecule has 0 aliphatic carbocycles. The number of nitrogens with zero attached hydrogens (tertiary/aromatic N) is 3. The minimum Gasteiger partial charge on any atom is -0.340 e. The molecule has 4 rings (SSSR count). The minimum atomic E-state index is -0.0310. The molecule has 140 valence electrons. The third-order valence-corrected chi connectivity index (χ3v) is 5.07. The number of imidazole rings is 1. The molecule has 1 saturated heterocycles. The van der Waals surface area contributed by atoms with E-state index in [9.17, 15) is 4.79 Å². The Bertz CT molecular complexity index is 988. The molecule has 0 radical (unpaired) electrons. The van der Waals surface area contributed by atoms with Gasteiger partial charge in [-0.1, -0.05) is 42.5 Å². The molecule has 0 spiro atoms. The van der Waals surface area contributed by atoms with Crippen molar-refractivity contribution in [2.24, 2.45) is 0 Å². The number of rotatable bonds is 4. The average molecular weight is 371 g/mol. The molecular formula is C22H21N5O. The summed E-state index contributed by atoms with van der Waals surface area (Å²) in [6.07, 6.45) is 2.31. The number of carbonyl (C=O) groups excluding carboxylic acids is 1. The molecule has 2 aromatic carbocycles. The lowest BCUT2D eigenvalue weighted by molar-refractivity contribution is 0.0631. The molecule has 28 heavy (non-hydrogen) atoms. The van der Waals surface area contributed by atoms with Crippen LogP contribution >= 0.6 is 0 Å². The maximum absolute atomic E-state index is 13.3. The lowest BCUT2D eigenvalue weighted by atomic mass is 10.0. The van der Waals surface area contributed by atoms with Gasteiger partial charge in [0.15, 0.2) is 0 Å². The van der Waals surface area contributed by atoms with E-state index in [0.717, 1.165) is 30.6 Å². The predicted molar refractivity (Wildman–Crippen MR) is 107 cm³/mol. The van der Waals surface area contributed by atoms with Crippen LogP contribution in [-0.2, 0) is 6.42 Å². The third kappa shape index (κ3) is 3.66. The Morgan fingerprint density at radius 2 is 1.96 bits per heavy atom. The topological polar surface area (TPSA) is 84.8 Å². The fraction of sp³-hybridized carbons (Fsp3) is 0.227. The molecule has 2 N–H and O–H groups in total. The highest BCUT2D eigenvalue weighted by molar-refractivity contribution is 5.98. The lowest BCUT2D eigenvalue weighted by Gasteiger charge is -2.36. The van der Waals surface area contributed by atoms with Gasteiger partial charge >= 0.3 is 0 Å². The van der Waals surface area contributed by atoms with Crippen molar-refractivity contribution >= 4 is 5.91 Å². The second-order valence-electron chi connectivity index (χ2n) is 6.86. The smallest absolute Gasteiger partial charge is 0.272 e. The van der Waals surface area contributed by atoms with Crippen molar-refractivity contribution in [3.63, 3.8) is 0 Å². The third-order valence-electron chi connectivity index (χ3n) is 5.07. The number of nitrogens with one attached hydrogen (secondary N) is 2. The number of H-pyrrole nitrogens is 1. The van der Waals surface area contributed by atoms with Crippen LogP contribution in [-0.4, -0.2) is 46.5 Å². The van der Waals surface area contributed by atoms with E-state index in [2.05, 4.69) is 21.4 Å². The predicted octanol–water partition coefficient (Wildman–Crippen LogP) is 2.61. The number of aromatic amines is 1. The van der Waals surface area contributed by atoms with Gasteiger partial charge in [-0.05, 0) is 24.1 Å². The van der Waals surface area contributed by atoms with E-state index in [1.165, 1.54) is 0 Å². The molecule has 6 heteroatoms. The monoisotopic (exact) mass is 371 g/mol. The molecule has 1 unspecified atom stereocenters. The Labute approximate surface area is 163 Å². The maximum Gasteiger partial charge on any atom is 0.272 e. The van der Waals surface area contributed by atoms with Gasteiger partial charge in [0.05, 0.1) is 18.0 Å². The first-order chi connectivity index (χ1) is 13.8. The highest BCUT2D eigenvalue weighted by atomic mass is 16.2. The van der Waals surface area contributed by atoms with Crippen molar-refractivity contribution in [2.45, 2.75) is 12.5 Å². The van der Waals surface area contributed by atoms with Crippen LogP contribution in [0, 0.1) is 11.3 Å². The van der Waals surface area contributed by atoms with Gasteiger partial charge < -0.3 is 15.2 Å². The zero-order valence-corrected chi connectivity index (χ0v) is 15.4. The van der Waals surface area contributed by atoms with Gasteiger partial charge in [0.2, 0.25) is 0 Å². The molecule has 0 saturated carbocycles. The Morgan fingerprint density at radius 3 is 2.71 bits per heavy atom. The number of carbonyl (C=O) groups is 1. The Hall–Kier alpha value is -3.43. The van der Waals surface area contributed by atoms with Crippen LogP contribution in [0.1, 0.15) is 21.6 Å². The summed E-state index contributed by atoms with van der Waals surface area (Å²) in [6.45, 7) is 2.15. The van der Waals surface area contributed by atoms with Gasteiger partial charge in [-0.2, -0.15) is 5.26 Å². The summed E-state index contributed by atoms with van der Waals surface area (Å²) in [7, 11) is 0. The summed E-state index contributed by atoms with van der Waals surface area (Å²) < 4.78 is 0. The summed E-state index contributed by atoms with van der Waals surface area (Å²) in [5.41, 5.74) is 3.88. The van der Waals surface area contributed by atoms with Gasteiger partial charge in [-0.15, -0.1) is 0 Å². The zero-order valence-electron chi connectivity index (χ0n) is 15.4. The van der Waals surface area contributed by atoms with Crippen molar-refractivity contribution in [3.05, 3.63) is 77.7 Å². The molecule has 1 fully saturated rings. The molecule has 1 aliphatic rings. The largest absolute Gasteiger partial charge is 0.340 e. The van der Waals surface area contributed by atoms with Crippen molar-refractivity contribution in [2.75, 3.05) is 19.6 Å². The maximum atomic E-state index is 13.3. The van der Waals surface area contributed by atoms with Crippen molar-refractivity contribution in [1.29, 1.82) is 5.26 Å². The van der Waals surface area contributed by atoms with Gasteiger partial charge in [-0.25, -0.2) is 4.98 Å². The Morgan fingerprint density at radius 1 is 1.18 bits per heavy atom. The van der Waals surface area contributed by atoms with Crippen LogP contribution in [0.5, 0.6) is 0 Å². The van der Waals surface area contributed by atoms with Gasteiger partial charge in [0, 0.05) is 31.2 Å². The van der Waals surface area contributed by atoms with E-state index in [1.807, 2.05) is 59.5 Å². The lowest BCUT2D eigenvalue weighted by Crippen LogP contribution is -2.54. The van der Waals surface area contributed by atoms with E-state index in [1.54, 1.807) is 6.33 Å². The standard InChI is InChI=1S/C22H21N5O/c23-13-17-8-6-16(7-9-17)12-19-14-24-10-11-27(19)22(28)21-20(25-15-26-21)18-4-2-1-3-5-18/h1-9,15,19,24H,10-12,14H2,(H,25,26). The summed E-state index contributed by atoms with van der Waals surface area (Å²) in [5, 5.41) is 12.4. The van der Waals surface area contributed by atoms with Gasteiger partial charge in [0.1, 0.15) is 11.4 Å². The van der Waals surface area contributed by atoms with Gasteiger partial charge in [0.25, 0.3) is 5.91 Å². The second-order valence-corrected chi connectivity index (χ2v) is 6.86. The number of amides is 1. The number of piperazine rings is 1. The van der Waals surface area contributed by atoms with Crippen LogP contribution in [0.15, 0.2) is 60.9 Å². The number of benzene rings is 2. The quantitative estimate of drug-likeness (QED) is 0.738. The average Bonchev–Trinajstić information content (AvgIpc) is 3.25. The van der Waals surface area contributed by atoms with E-state index in [0.29, 0.717) is 23.5 Å². The van der Waals surface area contributed by atoms with Crippen molar-refractivity contribution in [3.8, 4) is 17.3 Å². The first-order valence-corrected chi connectivity index (χ1v) is 9.36. The molecule has 2 heterocycles. The highest BCUT2D eigenvalue weighted by Gasteiger charge is 2.30. The molecule has 1 aromatic heterocycles. The summed E-state index contributed by atoms with van der Waals surface area (Å²) in [5.74, 6) is -0.0310. The molecule has 6 nitrogen and oxygen atoms in total. The van der Waals surface area contributed by atoms with Crippen LogP contribution in [0.4, 0.5) is 0 Å². The molecule has 0 bridgehead atoms. The Balaban J connectivity index is 1.57. The van der Waals surface area contributed by atoms with E-state index < -0.39 is 0 Å². The summed E-state index contributed by atoms with van der Waals surface area (Å²) in [6, 6.07) is 19.5. The first kappa shape index (κ1) is 18.0. The highest BCUT2D eigenvalue weighted by Crippen LogP contribution is 2.23. The first-order valence-electron chi connectivity index (χ1n) is 9.36. The summed E-state index contributed by atoms with van der Waals surface area (Å²) >= 11 is 0. The molecule has 1 amide bonds. The van der Waals surface area contributed by atoms with E-state index in [4.69, 9.17) is 5.26 Å². The fourth-order valence-corrected chi connectivity index (χ4v) is 3.61. The SMILES string of the molecule is N#Cc1ccc(CC2CNCCN2C(=O)c2[nH]cnc2-c2ccccc2)cc1. The minimum absolute atomic E-state index is 0.0310. The number of hydrogen-bond acceptors (Lipinski definition) is 4. The molecule has 3 aromatic rings. The van der Waals surface area contributed by atoms with Crippen molar-refractivity contribution < 1.29 is 4.79 Å². The van der Waals surface area contributed by atoms with Crippen LogP contribution < -0.4 is 5.32 Å². The second kappa shape index (κ2) is 8.07. The van der Waals surface area contributed by atoms with E-state index in [-0.39, 0.29) is 11.9 Å². The fourth-order valence-electron chi connectivity index (χ4n) is 3.61. The number of nitriles is 1. The van der Waals surface area contributed by atoms with E-state index >= 15 is 0 Å². The number of aromatic nitrogens is 2. The normalized spacial score (nSPS) is 16.5. The van der Waals surface area contributed by atoms with Crippen LogP contribution in [0.2, 0.25) is 0 Å². The number of hydrogen-bond donors (Lipinski definition) is 2. The van der Waals surface area contributed by atoms with Crippen molar-refractivity contribution in [1.82, 2.24) is 20.2 Å². The zero-order chi connectivity index (χ0) is 19.3. The molecular weight excluding hydrogens is 350 g/mol.